The highest BCUT2D eigenvalue weighted by Gasteiger charge is 2.27. The van der Waals surface area contributed by atoms with Gasteiger partial charge in [-0.2, -0.15) is 4.52 Å². The fourth-order valence-corrected chi connectivity index (χ4v) is 3.89. The van der Waals surface area contributed by atoms with Crippen molar-refractivity contribution < 1.29 is 4.79 Å². The number of carbonyl (C=O) groups excluding carboxylic acids is 1. The molecule has 1 fully saturated rings. The Morgan fingerprint density at radius 1 is 1.31 bits per heavy atom. The highest BCUT2D eigenvalue weighted by atomic mass is 16.2. The standard InChI is InChI=1S/C22H26N6O/c1-3-4-13-27(17-9-5-6-10-17)22(29)16-14-19(23-2)28-20(15-16)25-21(26-28)18-11-7-8-12-24-18/h3-4,7-8,11-12,14-15,17,23H,5-6,9-10,13H2,1-2H3/b4-3-. The van der Waals surface area contributed by atoms with E-state index < -0.39 is 0 Å². The van der Waals surface area contributed by atoms with E-state index in [0.29, 0.717) is 35.3 Å². The molecular weight excluding hydrogens is 364 g/mol. The van der Waals surface area contributed by atoms with E-state index in [1.807, 2.05) is 61.4 Å². The van der Waals surface area contributed by atoms with E-state index in [2.05, 4.69) is 20.4 Å². The zero-order chi connectivity index (χ0) is 20.2. The number of carbonyl (C=O) groups is 1. The molecule has 4 rings (SSSR count). The smallest absolute Gasteiger partial charge is 0.254 e. The first kappa shape index (κ1) is 19.1. The summed E-state index contributed by atoms with van der Waals surface area (Å²) in [6.45, 7) is 2.61. The maximum absolute atomic E-state index is 13.4. The summed E-state index contributed by atoms with van der Waals surface area (Å²) >= 11 is 0. The summed E-state index contributed by atoms with van der Waals surface area (Å²) in [6.07, 6.45) is 10.3. The molecule has 0 bridgehead atoms. The van der Waals surface area contributed by atoms with Crippen molar-refractivity contribution in [1.82, 2.24) is 24.5 Å². The molecule has 0 unspecified atom stereocenters. The highest BCUT2D eigenvalue weighted by Crippen LogP contribution is 2.26. The summed E-state index contributed by atoms with van der Waals surface area (Å²) < 4.78 is 1.71. The van der Waals surface area contributed by atoms with Gasteiger partial charge in [0.25, 0.3) is 5.91 Å². The van der Waals surface area contributed by atoms with Crippen molar-refractivity contribution in [3.8, 4) is 11.5 Å². The van der Waals surface area contributed by atoms with Gasteiger partial charge in [0.05, 0.1) is 0 Å². The summed E-state index contributed by atoms with van der Waals surface area (Å²) in [7, 11) is 1.82. The molecule has 0 spiro atoms. The topological polar surface area (TPSA) is 75.4 Å². The van der Waals surface area contributed by atoms with Crippen molar-refractivity contribution in [1.29, 1.82) is 0 Å². The third-order valence-corrected chi connectivity index (χ3v) is 5.40. The summed E-state index contributed by atoms with van der Waals surface area (Å²) in [6, 6.07) is 9.61. The maximum Gasteiger partial charge on any atom is 0.254 e. The lowest BCUT2D eigenvalue weighted by atomic mass is 10.1. The van der Waals surface area contributed by atoms with Crippen molar-refractivity contribution >= 4 is 17.4 Å². The molecule has 0 aliphatic heterocycles. The van der Waals surface area contributed by atoms with E-state index >= 15 is 0 Å². The van der Waals surface area contributed by atoms with Crippen LogP contribution in [0.5, 0.6) is 0 Å². The normalized spacial score (nSPS) is 14.7. The second kappa shape index (κ2) is 8.43. The molecule has 1 N–H and O–H groups in total. The average molecular weight is 390 g/mol. The number of pyridine rings is 2. The lowest BCUT2D eigenvalue weighted by Gasteiger charge is -2.28. The zero-order valence-corrected chi connectivity index (χ0v) is 16.9. The first-order valence-corrected chi connectivity index (χ1v) is 10.1. The van der Waals surface area contributed by atoms with Crippen LogP contribution in [0.4, 0.5) is 5.82 Å². The van der Waals surface area contributed by atoms with E-state index in [4.69, 9.17) is 0 Å². The van der Waals surface area contributed by atoms with Crippen LogP contribution in [0.2, 0.25) is 0 Å². The van der Waals surface area contributed by atoms with Gasteiger partial charge in [0.15, 0.2) is 5.65 Å². The van der Waals surface area contributed by atoms with Crippen LogP contribution in [0.15, 0.2) is 48.7 Å². The number of aromatic nitrogens is 4. The van der Waals surface area contributed by atoms with Crippen molar-refractivity contribution in [3.63, 3.8) is 0 Å². The van der Waals surface area contributed by atoms with Gasteiger partial charge in [0, 0.05) is 31.4 Å². The van der Waals surface area contributed by atoms with Gasteiger partial charge >= 0.3 is 0 Å². The Balaban J connectivity index is 1.73. The first-order chi connectivity index (χ1) is 14.2. The molecule has 0 radical (unpaired) electrons. The van der Waals surface area contributed by atoms with Crippen molar-refractivity contribution in [2.24, 2.45) is 0 Å². The van der Waals surface area contributed by atoms with Crippen molar-refractivity contribution in [3.05, 3.63) is 54.2 Å². The molecule has 3 aromatic rings. The van der Waals surface area contributed by atoms with Gasteiger partial charge in [-0.15, -0.1) is 5.10 Å². The highest BCUT2D eigenvalue weighted by molar-refractivity contribution is 5.96. The maximum atomic E-state index is 13.4. The van der Waals surface area contributed by atoms with Gasteiger partial charge in [0.1, 0.15) is 11.5 Å². The number of nitrogens with zero attached hydrogens (tertiary/aromatic N) is 5. The lowest BCUT2D eigenvalue weighted by molar-refractivity contribution is 0.0706. The van der Waals surface area contributed by atoms with Crippen LogP contribution >= 0.6 is 0 Å². The van der Waals surface area contributed by atoms with Crippen molar-refractivity contribution in [2.45, 2.75) is 38.6 Å². The van der Waals surface area contributed by atoms with Gasteiger partial charge in [-0.05, 0) is 44.0 Å². The molecule has 7 heteroatoms. The number of nitrogens with one attached hydrogen (secondary N) is 1. The van der Waals surface area contributed by atoms with E-state index in [1.165, 1.54) is 12.8 Å². The Morgan fingerprint density at radius 3 is 2.83 bits per heavy atom. The lowest BCUT2D eigenvalue weighted by Crippen LogP contribution is -2.39. The molecule has 0 aromatic carbocycles. The Kier molecular flexibility index (Phi) is 5.55. The van der Waals surface area contributed by atoms with Crippen LogP contribution in [0.25, 0.3) is 17.2 Å². The van der Waals surface area contributed by atoms with Crippen LogP contribution in [-0.4, -0.2) is 50.0 Å². The minimum atomic E-state index is 0.0383. The molecule has 1 aliphatic rings. The number of hydrogen-bond donors (Lipinski definition) is 1. The number of amides is 1. The van der Waals surface area contributed by atoms with Crippen LogP contribution in [-0.2, 0) is 0 Å². The molecule has 0 atom stereocenters. The summed E-state index contributed by atoms with van der Waals surface area (Å²) in [5, 5.41) is 7.71. The second-order valence-corrected chi connectivity index (χ2v) is 7.26. The second-order valence-electron chi connectivity index (χ2n) is 7.26. The molecule has 0 saturated heterocycles. The van der Waals surface area contributed by atoms with E-state index in [9.17, 15) is 4.79 Å². The molecule has 1 amide bonds. The number of hydrogen-bond acceptors (Lipinski definition) is 5. The number of fused-ring (bicyclic) bond motifs is 1. The van der Waals surface area contributed by atoms with Crippen molar-refractivity contribution in [2.75, 3.05) is 18.9 Å². The summed E-state index contributed by atoms with van der Waals surface area (Å²) in [5.41, 5.74) is 1.95. The zero-order valence-electron chi connectivity index (χ0n) is 16.9. The van der Waals surface area contributed by atoms with Crippen LogP contribution in [0.3, 0.4) is 0 Å². The molecule has 3 aromatic heterocycles. The monoisotopic (exact) mass is 390 g/mol. The minimum absolute atomic E-state index is 0.0383. The molecule has 7 nitrogen and oxygen atoms in total. The van der Waals surface area contributed by atoms with Gasteiger partial charge in [-0.1, -0.05) is 31.1 Å². The van der Waals surface area contributed by atoms with Gasteiger partial charge in [-0.25, -0.2) is 4.98 Å². The van der Waals surface area contributed by atoms with E-state index in [-0.39, 0.29) is 5.91 Å². The van der Waals surface area contributed by atoms with Gasteiger partial charge in [-0.3, -0.25) is 9.78 Å². The van der Waals surface area contributed by atoms with Crippen LogP contribution in [0, 0.1) is 0 Å². The Labute approximate surface area is 170 Å². The third kappa shape index (κ3) is 3.85. The molecule has 1 saturated carbocycles. The average Bonchev–Trinajstić information content (AvgIpc) is 3.44. The third-order valence-electron chi connectivity index (χ3n) is 5.40. The van der Waals surface area contributed by atoms with Gasteiger partial charge < -0.3 is 10.2 Å². The van der Waals surface area contributed by atoms with E-state index in [1.54, 1.807) is 10.7 Å². The molecule has 3 heterocycles. The van der Waals surface area contributed by atoms with E-state index in [0.717, 1.165) is 18.7 Å². The summed E-state index contributed by atoms with van der Waals surface area (Å²) in [4.78, 5) is 24.4. The van der Waals surface area contributed by atoms with Gasteiger partial charge in [0.2, 0.25) is 5.82 Å². The Bertz CT molecular complexity index is 1020. The quantitative estimate of drug-likeness (QED) is 0.648. The van der Waals surface area contributed by atoms with Crippen LogP contribution < -0.4 is 5.32 Å². The Hall–Kier alpha value is -3.22. The minimum Gasteiger partial charge on any atom is -0.373 e. The largest absolute Gasteiger partial charge is 0.373 e. The van der Waals surface area contributed by atoms with Crippen LogP contribution in [0.1, 0.15) is 43.0 Å². The Morgan fingerprint density at radius 2 is 2.14 bits per heavy atom. The number of rotatable bonds is 6. The first-order valence-electron chi connectivity index (χ1n) is 10.1. The predicted octanol–water partition coefficient (Wildman–Crippen LogP) is 3.79. The predicted molar refractivity (Wildman–Crippen MR) is 114 cm³/mol. The SMILES string of the molecule is C/C=C\CN(C(=O)c1cc(NC)n2nc(-c3ccccn3)nc2c1)C1CCCC1. The molecule has 29 heavy (non-hydrogen) atoms. The molecule has 150 valence electrons. The molecular formula is C22H26N6O. The molecule has 1 aliphatic carbocycles. The number of allylic oxidation sites excluding steroid dienone is 1. The fourth-order valence-electron chi connectivity index (χ4n) is 3.89. The fraction of sp³-hybridized carbons (Fsp3) is 0.364. The number of anilines is 1. The summed E-state index contributed by atoms with van der Waals surface area (Å²) in [5.74, 6) is 1.29.